The normalized spacial score (nSPS) is 13.2. The van der Waals surface area contributed by atoms with Crippen LogP contribution >= 0.6 is 0 Å². The van der Waals surface area contributed by atoms with Gasteiger partial charge in [-0.25, -0.2) is 0 Å². The summed E-state index contributed by atoms with van der Waals surface area (Å²) in [5, 5.41) is 0. The number of hydrogen-bond acceptors (Lipinski definition) is 2. The van der Waals surface area contributed by atoms with Crippen molar-refractivity contribution in [3.8, 4) is 0 Å². The summed E-state index contributed by atoms with van der Waals surface area (Å²) in [6, 6.07) is 8.36. The highest BCUT2D eigenvalue weighted by Crippen LogP contribution is 2.15. The van der Waals surface area contributed by atoms with Crippen LogP contribution in [0.5, 0.6) is 0 Å². The fourth-order valence-electron chi connectivity index (χ4n) is 2.53. The van der Waals surface area contributed by atoms with Crippen molar-refractivity contribution < 1.29 is 4.79 Å². The third-order valence-electron chi connectivity index (χ3n) is 3.76. The molecule has 0 aromatic heterocycles. The average molecular weight is 275 g/mol. The summed E-state index contributed by atoms with van der Waals surface area (Å²) in [5.41, 5.74) is 2.10. The standard InChI is InChI=1S/C18H29NO/c1-7-16-8-10-17(11-9-16)18(20)15(6)19(14(4)5)12-13(2)3/h8-11,13-15H,7,12H2,1-6H3. The molecule has 0 spiro atoms. The molecule has 1 aromatic rings. The molecule has 0 aliphatic heterocycles. The first-order chi connectivity index (χ1) is 9.36. The van der Waals surface area contributed by atoms with Gasteiger partial charge in [-0.2, -0.15) is 0 Å². The zero-order valence-corrected chi connectivity index (χ0v) is 13.8. The first-order valence-corrected chi connectivity index (χ1v) is 7.75. The molecule has 112 valence electrons. The number of rotatable bonds is 7. The lowest BCUT2D eigenvalue weighted by Gasteiger charge is -2.33. The van der Waals surface area contributed by atoms with Crippen LogP contribution < -0.4 is 0 Å². The van der Waals surface area contributed by atoms with Crippen molar-refractivity contribution >= 4 is 5.78 Å². The van der Waals surface area contributed by atoms with Gasteiger partial charge in [-0.3, -0.25) is 9.69 Å². The topological polar surface area (TPSA) is 20.3 Å². The van der Waals surface area contributed by atoms with E-state index in [1.54, 1.807) is 0 Å². The molecule has 1 rings (SSSR count). The van der Waals surface area contributed by atoms with Gasteiger partial charge < -0.3 is 0 Å². The van der Waals surface area contributed by atoms with Crippen LogP contribution in [0.1, 0.15) is 57.5 Å². The molecule has 0 amide bonds. The van der Waals surface area contributed by atoms with Gasteiger partial charge in [0.05, 0.1) is 6.04 Å². The Labute approximate surface area is 124 Å². The van der Waals surface area contributed by atoms with Gasteiger partial charge in [0.2, 0.25) is 0 Å². The molecule has 0 heterocycles. The van der Waals surface area contributed by atoms with Gasteiger partial charge in [0, 0.05) is 18.2 Å². The number of benzene rings is 1. The highest BCUT2D eigenvalue weighted by atomic mass is 16.1. The zero-order chi connectivity index (χ0) is 15.3. The van der Waals surface area contributed by atoms with Crippen LogP contribution in [0.2, 0.25) is 0 Å². The van der Waals surface area contributed by atoms with E-state index in [2.05, 4.69) is 51.7 Å². The second-order valence-corrected chi connectivity index (χ2v) is 6.28. The predicted octanol–water partition coefficient (Wildman–Crippen LogP) is 4.19. The lowest BCUT2D eigenvalue weighted by atomic mass is 10.00. The van der Waals surface area contributed by atoms with Gasteiger partial charge in [0.25, 0.3) is 0 Å². The van der Waals surface area contributed by atoms with Crippen molar-refractivity contribution in [1.29, 1.82) is 0 Å². The summed E-state index contributed by atoms with van der Waals surface area (Å²) >= 11 is 0. The molecule has 1 unspecified atom stereocenters. The number of carbonyl (C=O) groups excluding carboxylic acids is 1. The van der Waals surface area contributed by atoms with E-state index >= 15 is 0 Å². The van der Waals surface area contributed by atoms with Crippen molar-refractivity contribution in [3.05, 3.63) is 35.4 Å². The molecule has 2 nitrogen and oxygen atoms in total. The Hall–Kier alpha value is -1.15. The Kier molecular flexibility index (Phi) is 6.41. The van der Waals surface area contributed by atoms with Crippen LogP contribution in [-0.2, 0) is 6.42 Å². The van der Waals surface area contributed by atoms with Crippen LogP contribution in [0.25, 0.3) is 0 Å². The number of hydrogen-bond donors (Lipinski definition) is 0. The molecule has 0 radical (unpaired) electrons. The molecule has 0 saturated carbocycles. The molecule has 0 bridgehead atoms. The van der Waals surface area contributed by atoms with E-state index < -0.39 is 0 Å². The predicted molar refractivity (Wildman–Crippen MR) is 86.3 cm³/mol. The Morgan fingerprint density at radius 3 is 2.00 bits per heavy atom. The Morgan fingerprint density at radius 2 is 1.60 bits per heavy atom. The largest absolute Gasteiger partial charge is 0.292 e. The van der Waals surface area contributed by atoms with Crippen LogP contribution in [0.3, 0.4) is 0 Å². The second kappa shape index (κ2) is 7.58. The summed E-state index contributed by atoms with van der Waals surface area (Å²) in [6.45, 7) is 13.8. The monoisotopic (exact) mass is 275 g/mol. The highest BCUT2D eigenvalue weighted by Gasteiger charge is 2.25. The van der Waals surface area contributed by atoms with Crippen LogP contribution in [0.15, 0.2) is 24.3 Å². The minimum Gasteiger partial charge on any atom is -0.292 e. The van der Waals surface area contributed by atoms with Crippen LogP contribution in [0, 0.1) is 5.92 Å². The minimum absolute atomic E-state index is 0.0649. The quantitative estimate of drug-likeness (QED) is 0.696. The van der Waals surface area contributed by atoms with E-state index in [-0.39, 0.29) is 11.8 Å². The molecule has 2 heteroatoms. The fourth-order valence-corrected chi connectivity index (χ4v) is 2.53. The number of ketones is 1. The van der Waals surface area contributed by atoms with E-state index in [9.17, 15) is 4.79 Å². The molecule has 1 aromatic carbocycles. The van der Waals surface area contributed by atoms with E-state index in [0.717, 1.165) is 18.5 Å². The Morgan fingerprint density at radius 1 is 1.05 bits per heavy atom. The lowest BCUT2D eigenvalue weighted by Crippen LogP contribution is -2.45. The summed E-state index contributed by atoms with van der Waals surface area (Å²) in [6.07, 6.45) is 1.01. The summed E-state index contributed by atoms with van der Waals surface area (Å²) in [5.74, 6) is 0.789. The fraction of sp³-hybridized carbons (Fsp3) is 0.611. The number of nitrogens with zero attached hydrogens (tertiary/aromatic N) is 1. The molecular weight excluding hydrogens is 246 g/mol. The Bertz CT molecular complexity index is 420. The van der Waals surface area contributed by atoms with Gasteiger partial charge in [0.15, 0.2) is 5.78 Å². The van der Waals surface area contributed by atoms with E-state index in [0.29, 0.717) is 12.0 Å². The van der Waals surface area contributed by atoms with Crippen molar-refractivity contribution in [3.63, 3.8) is 0 Å². The van der Waals surface area contributed by atoms with E-state index in [1.165, 1.54) is 5.56 Å². The third kappa shape index (κ3) is 4.45. The van der Waals surface area contributed by atoms with Crippen molar-refractivity contribution in [2.45, 2.75) is 60.0 Å². The molecular formula is C18H29NO. The van der Waals surface area contributed by atoms with Crippen LogP contribution in [-0.4, -0.2) is 29.3 Å². The van der Waals surface area contributed by atoms with Crippen molar-refractivity contribution in [2.24, 2.45) is 5.92 Å². The second-order valence-electron chi connectivity index (χ2n) is 6.28. The maximum atomic E-state index is 12.6. The average Bonchev–Trinajstić information content (AvgIpc) is 2.43. The SMILES string of the molecule is CCc1ccc(C(=O)C(C)N(CC(C)C)C(C)C)cc1. The molecule has 0 saturated heterocycles. The lowest BCUT2D eigenvalue weighted by molar-refractivity contribution is 0.0763. The van der Waals surface area contributed by atoms with Crippen molar-refractivity contribution in [1.82, 2.24) is 4.90 Å². The smallest absolute Gasteiger partial charge is 0.179 e. The number of aryl methyl sites for hydroxylation is 1. The van der Waals surface area contributed by atoms with Crippen LogP contribution in [0.4, 0.5) is 0 Å². The molecule has 0 fully saturated rings. The molecule has 0 aliphatic rings. The van der Waals surface area contributed by atoms with Crippen molar-refractivity contribution in [2.75, 3.05) is 6.54 Å². The minimum atomic E-state index is -0.0649. The molecule has 1 atom stereocenters. The first-order valence-electron chi connectivity index (χ1n) is 7.75. The summed E-state index contributed by atoms with van der Waals surface area (Å²) in [7, 11) is 0. The van der Waals surface area contributed by atoms with Gasteiger partial charge >= 0.3 is 0 Å². The summed E-state index contributed by atoms with van der Waals surface area (Å²) < 4.78 is 0. The third-order valence-corrected chi connectivity index (χ3v) is 3.76. The zero-order valence-electron chi connectivity index (χ0n) is 13.8. The first kappa shape index (κ1) is 16.9. The van der Waals surface area contributed by atoms with Gasteiger partial charge in [-0.05, 0) is 38.7 Å². The van der Waals surface area contributed by atoms with E-state index in [1.807, 2.05) is 19.1 Å². The van der Waals surface area contributed by atoms with E-state index in [4.69, 9.17) is 0 Å². The Balaban J connectivity index is 2.86. The van der Waals surface area contributed by atoms with Gasteiger partial charge in [0.1, 0.15) is 0 Å². The number of Topliss-reactive ketones (excluding diaryl/α,β-unsaturated/α-hetero) is 1. The maximum absolute atomic E-state index is 12.6. The molecule has 0 N–H and O–H groups in total. The van der Waals surface area contributed by atoms with Gasteiger partial charge in [-0.1, -0.05) is 45.0 Å². The molecule has 20 heavy (non-hydrogen) atoms. The maximum Gasteiger partial charge on any atom is 0.179 e. The van der Waals surface area contributed by atoms with Gasteiger partial charge in [-0.15, -0.1) is 0 Å². The summed E-state index contributed by atoms with van der Waals surface area (Å²) in [4.78, 5) is 14.9. The molecule has 0 aliphatic carbocycles. The number of carbonyl (C=O) groups is 1. The highest BCUT2D eigenvalue weighted by molar-refractivity contribution is 5.99.